The van der Waals surface area contributed by atoms with Gasteiger partial charge in [-0.15, -0.1) is 0 Å². The fourth-order valence-electron chi connectivity index (χ4n) is 2.25. The third-order valence-electron chi connectivity index (χ3n) is 3.10. The van der Waals surface area contributed by atoms with Gasteiger partial charge in [0.05, 0.1) is 12.7 Å². The molecule has 1 amide bonds. The van der Waals surface area contributed by atoms with E-state index in [-0.39, 0.29) is 24.3 Å². The number of carbonyl (C=O) groups excluding carboxylic acids is 1. The maximum atomic E-state index is 12.4. The summed E-state index contributed by atoms with van der Waals surface area (Å²) in [6.45, 7) is -1.29. The van der Waals surface area contributed by atoms with Gasteiger partial charge in [-0.05, 0) is 23.5 Å². The van der Waals surface area contributed by atoms with E-state index in [1.54, 1.807) is 6.07 Å². The molecule has 0 atom stereocenters. The summed E-state index contributed by atoms with van der Waals surface area (Å²) < 4.78 is 42.3. The fourth-order valence-corrected chi connectivity index (χ4v) is 2.25. The van der Waals surface area contributed by atoms with Crippen LogP contribution in [0.5, 0.6) is 5.75 Å². The Labute approximate surface area is 114 Å². The van der Waals surface area contributed by atoms with Gasteiger partial charge in [0.15, 0.2) is 0 Å². The lowest BCUT2D eigenvalue weighted by molar-refractivity contribution is -0.141. The molecule has 1 radical (unpaired) electrons. The van der Waals surface area contributed by atoms with E-state index in [1.165, 1.54) is 13.2 Å². The van der Waals surface area contributed by atoms with Crippen molar-refractivity contribution in [2.75, 3.05) is 20.2 Å². The zero-order valence-corrected chi connectivity index (χ0v) is 10.7. The molecule has 0 fully saturated rings. The fraction of sp³-hybridized carbons (Fsp3) is 0.417. The highest BCUT2D eigenvalue weighted by atomic mass is 19.4. The van der Waals surface area contributed by atoms with Crippen molar-refractivity contribution in [1.82, 2.24) is 4.90 Å². The minimum Gasteiger partial charge on any atom is -0.496 e. The number of carbonyl (C=O) groups is 1. The van der Waals surface area contributed by atoms with Crippen molar-refractivity contribution >= 4 is 18.9 Å². The maximum absolute atomic E-state index is 12.4. The molecular formula is C12H12BF3NO3. The molecule has 1 aliphatic heterocycles. The van der Waals surface area contributed by atoms with Crippen LogP contribution >= 0.6 is 0 Å². The molecule has 1 aromatic carbocycles. The highest BCUT2D eigenvalue weighted by Crippen LogP contribution is 2.29. The Kier molecular flexibility index (Phi) is 3.94. The second kappa shape index (κ2) is 5.36. The summed E-state index contributed by atoms with van der Waals surface area (Å²) in [6, 6.07) is 2.98. The SMILES string of the molecule is COc1cc([B]O)cc2c1C(=O)N(CC(F)(F)F)CC2. The molecular weight excluding hydrogens is 274 g/mol. The van der Waals surface area contributed by atoms with Crippen molar-refractivity contribution in [2.45, 2.75) is 12.6 Å². The molecule has 0 saturated heterocycles. The first-order valence-electron chi connectivity index (χ1n) is 5.90. The molecule has 4 nitrogen and oxygen atoms in total. The lowest BCUT2D eigenvalue weighted by atomic mass is 9.84. The number of fused-ring (bicyclic) bond motifs is 1. The predicted molar refractivity (Wildman–Crippen MR) is 66.3 cm³/mol. The number of hydrogen-bond donors (Lipinski definition) is 1. The van der Waals surface area contributed by atoms with Crippen molar-refractivity contribution in [3.8, 4) is 5.75 Å². The van der Waals surface area contributed by atoms with E-state index < -0.39 is 18.6 Å². The van der Waals surface area contributed by atoms with E-state index in [0.717, 1.165) is 12.4 Å². The molecule has 2 rings (SSSR count). The van der Waals surface area contributed by atoms with Gasteiger partial charge in [-0.1, -0.05) is 6.07 Å². The molecule has 0 aromatic heterocycles. The number of alkyl halides is 3. The summed E-state index contributed by atoms with van der Waals surface area (Å²) in [4.78, 5) is 12.9. The summed E-state index contributed by atoms with van der Waals surface area (Å²) >= 11 is 0. The van der Waals surface area contributed by atoms with Crippen molar-refractivity contribution < 1.29 is 27.7 Å². The van der Waals surface area contributed by atoms with Gasteiger partial charge < -0.3 is 14.7 Å². The number of benzene rings is 1. The number of rotatable bonds is 3. The van der Waals surface area contributed by atoms with Gasteiger partial charge in [0, 0.05) is 6.54 Å². The summed E-state index contributed by atoms with van der Waals surface area (Å²) in [5.74, 6) is -0.537. The summed E-state index contributed by atoms with van der Waals surface area (Å²) in [7, 11) is 2.18. The quantitative estimate of drug-likeness (QED) is 0.823. The molecule has 0 bridgehead atoms. The monoisotopic (exact) mass is 286 g/mol. The summed E-state index contributed by atoms with van der Waals surface area (Å²) in [5, 5.41) is 9.01. The second-order valence-corrected chi connectivity index (χ2v) is 4.48. The van der Waals surface area contributed by atoms with Gasteiger partial charge in [0.1, 0.15) is 12.3 Å². The Morgan fingerprint density at radius 2 is 2.15 bits per heavy atom. The Balaban J connectivity index is 2.38. The Bertz CT molecular complexity index is 516. The minimum atomic E-state index is -4.43. The zero-order chi connectivity index (χ0) is 14.9. The lowest BCUT2D eigenvalue weighted by Crippen LogP contribution is -2.43. The average molecular weight is 286 g/mol. The highest BCUT2D eigenvalue weighted by Gasteiger charge is 2.36. The molecule has 0 saturated carbocycles. The van der Waals surface area contributed by atoms with Gasteiger partial charge in [0.2, 0.25) is 0 Å². The third-order valence-corrected chi connectivity index (χ3v) is 3.10. The third kappa shape index (κ3) is 2.90. The molecule has 1 aliphatic rings. The van der Waals surface area contributed by atoms with Crippen LogP contribution in [-0.4, -0.2) is 49.7 Å². The van der Waals surface area contributed by atoms with Crippen LogP contribution in [0.3, 0.4) is 0 Å². The predicted octanol–water partition coefficient (Wildman–Crippen LogP) is 0.493. The van der Waals surface area contributed by atoms with Crippen LogP contribution in [0.2, 0.25) is 0 Å². The molecule has 1 N–H and O–H groups in total. The first kappa shape index (κ1) is 14.7. The van der Waals surface area contributed by atoms with E-state index in [2.05, 4.69) is 0 Å². The number of hydrogen-bond acceptors (Lipinski definition) is 3. The first-order chi connectivity index (χ1) is 9.35. The molecule has 20 heavy (non-hydrogen) atoms. The standard InChI is InChI=1S/C12H12BF3NO3/c1-20-9-5-8(13-19)4-7-2-3-17(6-12(14,15)16)11(18)10(7)9/h4-5,19H,2-3,6H2,1H3. The molecule has 0 aliphatic carbocycles. The lowest BCUT2D eigenvalue weighted by Gasteiger charge is -2.30. The number of nitrogens with zero attached hydrogens (tertiary/aromatic N) is 1. The first-order valence-corrected chi connectivity index (χ1v) is 5.90. The van der Waals surface area contributed by atoms with Gasteiger partial charge in [-0.3, -0.25) is 4.79 Å². The van der Waals surface area contributed by atoms with Crippen molar-refractivity contribution in [1.29, 1.82) is 0 Å². The topological polar surface area (TPSA) is 49.8 Å². The molecule has 107 valence electrons. The van der Waals surface area contributed by atoms with Crippen LogP contribution in [-0.2, 0) is 6.42 Å². The Morgan fingerprint density at radius 1 is 1.45 bits per heavy atom. The maximum Gasteiger partial charge on any atom is 0.406 e. The van der Waals surface area contributed by atoms with Crippen LogP contribution < -0.4 is 10.2 Å². The van der Waals surface area contributed by atoms with E-state index in [0.29, 0.717) is 11.0 Å². The van der Waals surface area contributed by atoms with E-state index >= 15 is 0 Å². The van der Waals surface area contributed by atoms with E-state index in [1.807, 2.05) is 0 Å². The number of halogens is 3. The van der Waals surface area contributed by atoms with Crippen molar-refractivity contribution in [2.24, 2.45) is 0 Å². The Morgan fingerprint density at radius 3 is 2.70 bits per heavy atom. The van der Waals surface area contributed by atoms with Crippen LogP contribution in [0, 0.1) is 0 Å². The van der Waals surface area contributed by atoms with Gasteiger partial charge in [0.25, 0.3) is 5.91 Å². The normalized spacial score (nSPS) is 15.1. The molecule has 1 heterocycles. The summed E-state index contributed by atoms with van der Waals surface area (Å²) in [5.41, 5.74) is 1.15. The zero-order valence-electron chi connectivity index (χ0n) is 10.7. The van der Waals surface area contributed by atoms with Crippen LogP contribution in [0.25, 0.3) is 0 Å². The number of methoxy groups -OCH3 is 1. The smallest absolute Gasteiger partial charge is 0.406 e. The van der Waals surface area contributed by atoms with Crippen molar-refractivity contribution in [3.05, 3.63) is 23.3 Å². The van der Waals surface area contributed by atoms with Gasteiger partial charge in [-0.25, -0.2) is 0 Å². The van der Waals surface area contributed by atoms with Gasteiger partial charge in [-0.2, -0.15) is 13.2 Å². The van der Waals surface area contributed by atoms with Crippen LogP contribution in [0.15, 0.2) is 12.1 Å². The summed E-state index contributed by atoms with van der Waals surface area (Å²) in [6.07, 6.45) is -4.14. The molecule has 0 unspecified atom stereocenters. The minimum absolute atomic E-state index is 0.0105. The van der Waals surface area contributed by atoms with Crippen LogP contribution in [0.4, 0.5) is 13.2 Å². The molecule has 8 heteroatoms. The van der Waals surface area contributed by atoms with Gasteiger partial charge >= 0.3 is 13.7 Å². The van der Waals surface area contributed by atoms with E-state index in [9.17, 15) is 18.0 Å². The molecule has 1 aromatic rings. The Hall–Kier alpha value is -1.70. The largest absolute Gasteiger partial charge is 0.496 e. The molecule has 0 spiro atoms. The van der Waals surface area contributed by atoms with Crippen LogP contribution in [0.1, 0.15) is 15.9 Å². The number of amides is 1. The highest BCUT2D eigenvalue weighted by molar-refractivity contribution is 6.45. The number of ether oxygens (including phenoxy) is 1. The second-order valence-electron chi connectivity index (χ2n) is 4.48. The van der Waals surface area contributed by atoms with E-state index in [4.69, 9.17) is 9.76 Å². The van der Waals surface area contributed by atoms with Crippen molar-refractivity contribution in [3.63, 3.8) is 0 Å². The average Bonchev–Trinajstić information content (AvgIpc) is 2.39.